The molecule has 1 aromatic heterocycles. The van der Waals surface area contributed by atoms with Crippen LogP contribution in [0.15, 0.2) is 12.4 Å². The Morgan fingerprint density at radius 1 is 1.11 bits per heavy atom. The van der Waals surface area contributed by atoms with Crippen molar-refractivity contribution in [2.45, 2.75) is 31.7 Å². The second kappa shape index (κ2) is 5.74. The van der Waals surface area contributed by atoms with Gasteiger partial charge in [0.05, 0.1) is 0 Å². The quantitative estimate of drug-likeness (QED) is 0.895. The molecule has 5 heteroatoms. The number of rotatable bonds is 3. The van der Waals surface area contributed by atoms with Gasteiger partial charge in [-0.25, -0.2) is 9.97 Å². The summed E-state index contributed by atoms with van der Waals surface area (Å²) in [7, 11) is 2.19. The molecular formula is C14H23N5. The van der Waals surface area contributed by atoms with E-state index in [1.54, 1.807) is 6.33 Å². The lowest BCUT2D eigenvalue weighted by atomic mass is 10.1. The molecule has 0 radical (unpaired) electrons. The molecule has 0 saturated carbocycles. The molecule has 0 amide bonds. The highest BCUT2D eigenvalue weighted by Gasteiger charge is 2.18. The lowest BCUT2D eigenvalue weighted by molar-refractivity contribution is 0.263. The second-order valence-corrected chi connectivity index (χ2v) is 5.68. The SMILES string of the molecule is CN1CCC(Nc2cc(N3CCCC3)ncn2)CC1. The van der Waals surface area contributed by atoms with E-state index in [1.807, 2.05) is 0 Å². The first-order chi connectivity index (χ1) is 9.31. The van der Waals surface area contributed by atoms with Crippen LogP contribution in [0.4, 0.5) is 11.6 Å². The van der Waals surface area contributed by atoms with Gasteiger partial charge in [0.2, 0.25) is 0 Å². The van der Waals surface area contributed by atoms with Gasteiger partial charge >= 0.3 is 0 Å². The maximum absolute atomic E-state index is 4.39. The number of hydrogen-bond donors (Lipinski definition) is 1. The van der Waals surface area contributed by atoms with Crippen LogP contribution < -0.4 is 10.2 Å². The first-order valence-corrected chi connectivity index (χ1v) is 7.33. The molecule has 0 unspecified atom stereocenters. The smallest absolute Gasteiger partial charge is 0.134 e. The Kier molecular flexibility index (Phi) is 3.82. The summed E-state index contributed by atoms with van der Waals surface area (Å²) in [6, 6.07) is 2.65. The topological polar surface area (TPSA) is 44.3 Å². The van der Waals surface area contributed by atoms with Crippen LogP contribution in [-0.2, 0) is 0 Å². The van der Waals surface area contributed by atoms with Gasteiger partial charge in [-0.1, -0.05) is 0 Å². The summed E-state index contributed by atoms with van der Waals surface area (Å²) in [5.41, 5.74) is 0. The molecule has 0 aromatic carbocycles. The van der Waals surface area contributed by atoms with Crippen LogP contribution in [0.5, 0.6) is 0 Å². The number of nitrogens with one attached hydrogen (secondary N) is 1. The van der Waals surface area contributed by atoms with Gasteiger partial charge in [0.15, 0.2) is 0 Å². The summed E-state index contributed by atoms with van der Waals surface area (Å²) < 4.78 is 0. The van der Waals surface area contributed by atoms with Gasteiger partial charge in [-0.2, -0.15) is 0 Å². The van der Waals surface area contributed by atoms with Gasteiger partial charge in [0, 0.05) is 25.2 Å². The molecule has 19 heavy (non-hydrogen) atoms. The Hall–Kier alpha value is -1.36. The molecule has 3 heterocycles. The van der Waals surface area contributed by atoms with Crippen LogP contribution in [0.2, 0.25) is 0 Å². The van der Waals surface area contributed by atoms with E-state index in [0.717, 1.165) is 24.7 Å². The van der Waals surface area contributed by atoms with Crippen molar-refractivity contribution in [1.82, 2.24) is 14.9 Å². The van der Waals surface area contributed by atoms with E-state index in [9.17, 15) is 0 Å². The Labute approximate surface area is 115 Å². The minimum absolute atomic E-state index is 0.553. The highest BCUT2D eigenvalue weighted by molar-refractivity contribution is 5.49. The molecule has 5 nitrogen and oxygen atoms in total. The first kappa shape index (κ1) is 12.7. The van der Waals surface area contributed by atoms with E-state index in [0.29, 0.717) is 6.04 Å². The Morgan fingerprint density at radius 3 is 2.58 bits per heavy atom. The molecule has 3 rings (SSSR count). The summed E-state index contributed by atoms with van der Waals surface area (Å²) in [4.78, 5) is 13.5. The fourth-order valence-electron chi connectivity index (χ4n) is 2.91. The third-order valence-corrected chi connectivity index (χ3v) is 4.15. The summed E-state index contributed by atoms with van der Waals surface area (Å²) >= 11 is 0. The highest BCUT2D eigenvalue weighted by atomic mass is 15.2. The summed E-state index contributed by atoms with van der Waals surface area (Å²) in [6.07, 6.45) is 6.63. The van der Waals surface area contributed by atoms with Crippen LogP contribution in [0.3, 0.4) is 0 Å². The van der Waals surface area contributed by atoms with Crippen molar-refractivity contribution in [3.05, 3.63) is 12.4 Å². The predicted octanol–water partition coefficient (Wildman–Crippen LogP) is 1.58. The number of likely N-dealkylation sites (tertiary alicyclic amines) is 1. The minimum Gasteiger partial charge on any atom is -0.367 e. The maximum Gasteiger partial charge on any atom is 0.134 e. The number of nitrogens with zero attached hydrogens (tertiary/aromatic N) is 4. The van der Waals surface area contributed by atoms with Gasteiger partial charge in [-0.15, -0.1) is 0 Å². The zero-order chi connectivity index (χ0) is 13.1. The van der Waals surface area contributed by atoms with Crippen molar-refractivity contribution in [1.29, 1.82) is 0 Å². The Balaban J connectivity index is 1.62. The van der Waals surface area contributed by atoms with Gasteiger partial charge < -0.3 is 15.1 Å². The molecule has 1 aromatic rings. The molecule has 0 aliphatic carbocycles. The number of piperidine rings is 1. The average molecular weight is 261 g/mol. The molecule has 2 aliphatic heterocycles. The van der Waals surface area contributed by atoms with E-state index >= 15 is 0 Å². The lowest BCUT2D eigenvalue weighted by Gasteiger charge is -2.30. The van der Waals surface area contributed by atoms with E-state index in [4.69, 9.17) is 0 Å². The largest absolute Gasteiger partial charge is 0.367 e. The Bertz CT molecular complexity index is 408. The van der Waals surface area contributed by atoms with E-state index in [1.165, 1.54) is 38.8 Å². The average Bonchev–Trinajstić information content (AvgIpc) is 2.96. The number of aromatic nitrogens is 2. The Morgan fingerprint density at radius 2 is 1.84 bits per heavy atom. The normalized spacial score (nSPS) is 21.8. The van der Waals surface area contributed by atoms with Crippen LogP contribution >= 0.6 is 0 Å². The van der Waals surface area contributed by atoms with E-state index < -0.39 is 0 Å². The van der Waals surface area contributed by atoms with Gasteiger partial charge in [-0.05, 0) is 45.8 Å². The molecule has 0 spiro atoms. The zero-order valence-corrected chi connectivity index (χ0v) is 11.7. The molecule has 104 valence electrons. The third-order valence-electron chi connectivity index (χ3n) is 4.15. The van der Waals surface area contributed by atoms with Crippen molar-refractivity contribution in [2.75, 3.05) is 43.4 Å². The summed E-state index contributed by atoms with van der Waals surface area (Å²) in [5, 5.41) is 3.56. The van der Waals surface area contributed by atoms with Crippen LogP contribution in [-0.4, -0.2) is 54.1 Å². The lowest BCUT2D eigenvalue weighted by Crippen LogP contribution is -2.36. The highest BCUT2D eigenvalue weighted by Crippen LogP contribution is 2.21. The van der Waals surface area contributed by atoms with E-state index in [2.05, 4.69) is 38.2 Å². The zero-order valence-electron chi connectivity index (χ0n) is 11.7. The van der Waals surface area contributed by atoms with Gasteiger partial charge in [-0.3, -0.25) is 0 Å². The molecule has 0 bridgehead atoms. The molecule has 0 atom stereocenters. The molecule has 2 saturated heterocycles. The molecule has 1 N–H and O–H groups in total. The second-order valence-electron chi connectivity index (χ2n) is 5.68. The van der Waals surface area contributed by atoms with Crippen LogP contribution in [0.25, 0.3) is 0 Å². The monoisotopic (exact) mass is 261 g/mol. The summed E-state index contributed by atoms with van der Waals surface area (Å²) in [5.74, 6) is 2.05. The van der Waals surface area contributed by atoms with Crippen LogP contribution in [0.1, 0.15) is 25.7 Å². The predicted molar refractivity (Wildman–Crippen MR) is 77.6 cm³/mol. The first-order valence-electron chi connectivity index (χ1n) is 7.33. The third kappa shape index (κ3) is 3.15. The molecular weight excluding hydrogens is 238 g/mol. The van der Waals surface area contributed by atoms with Crippen LogP contribution in [0, 0.1) is 0 Å². The fraction of sp³-hybridized carbons (Fsp3) is 0.714. The van der Waals surface area contributed by atoms with Gasteiger partial charge in [0.1, 0.15) is 18.0 Å². The molecule has 2 aliphatic rings. The van der Waals surface area contributed by atoms with E-state index in [-0.39, 0.29) is 0 Å². The summed E-state index contributed by atoms with van der Waals surface area (Å²) in [6.45, 7) is 4.60. The van der Waals surface area contributed by atoms with Gasteiger partial charge in [0.25, 0.3) is 0 Å². The maximum atomic E-state index is 4.39. The van der Waals surface area contributed by atoms with Crippen molar-refractivity contribution in [3.8, 4) is 0 Å². The number of hydrogen-bond acceptors (Lipinski definition) is 5. The van der Waals surface area contributed by atoms with Crippen molar-refractivity contribution in [2.24, 2.45) is 0 Å². The molecule has 2 fully saturated rings. The van der Waals surface area contributed by atoms with Crippen molar-refractivity contribution in [3.63, 3.8) is 0 Å². The standard InChI is InChI=1S/C14H23N5/c1-18-8-4-12(5-9-18)17-13-10-14(16-11-15-13)19-6-2-3-7-19/h10-12H,2-9H2,1H3,(H,15,16,17). The number of anilines is 2. The van der Waals surface area contributed by atoms with Crippen molar-refractivity contribution < 1.29 is 0 Å². The minimum atomic E-state index is 0.553. The fourth-order valence-corrected chi connectivity index (χ4v) is 2.91. The van der Waals surface area contributed by atoms with Crippen molar-refractivity contribution >= 4 is 11.6 Å².